The highest BCUT2D eigenvalue weighted by atomic mass is 16.2. The number of H-pyrrole nitrogens is 1. The van der Waals surface area contributed by atoms with Gasteiger partial charge in [-0.05, 0) is 30.4 Å². The van der Waals surface area contributed by atoms with Gasteiger partial charge in [-0.2, -0.15) is 0 Å². The van der Waals surface area contributed by atoms with Gasteiger partial charge in [0.15, 0.2) is 0 Å². The van der Waals surface area contributed by atoms with Gasteiger partial charge in [0, 0.05) is 25.8 Å². The fraction of sp³-hybridized carbons (Fsp3) is 0.471. The monoisotopic (exact) mass is 311 g/mol. The van der Waals surface area contributed by atoms with Gasteiger partial charge in [-0.15, -0.1) is 0 Å². The Kier molecular flexibility index (Phi) is 3.14. The number of aromatic nitrogens is 3. The summed E-state index contributed by atoms with van der Waals surface area (Å²) in [5, 5.41) is 1.05. The number of nitrogens with zero attached hydrogens (tertiary/aromatic N) is 4. The predicted molar refractivity (Wildman–Crippen MR) is 89.1 cm³/mol. The first kappa shape index (κ1) is 14.2. The lowest BCUT2D eigenvalue weighted by atomic mass is 9.76. The van der Waals surface area contributed by atoms with E-state index in [4.69, 9.17) is 0 Å². The molecule has 0 aliphatic carbocycles. The van der Waals surface area contributed by atoms with Crippen LogP contribution in [-0.4, -0.2) is 51.4 Å². The Morgan fingerprint density at radius 1 is 1.43 bits per heavy atom. The lowest BCUT2D eigenvalue weighted by Crippen LogP contribution is -2.54. The number of aromatic amines is 1. The minimum atomic E-state index is 0.0216. The highest BCUT2D eigenvalue weighted by Gasteiger charge is 2.48. The Bertz CT molecular complexity index is 769. The minimum absolute atomic E-state index is 0.0216. The first-order chi connectivity index (χ1) is 11.1. The predicted octanol–water partition coefficient (Wildman–Crippen LogP) is 1.96. The number of amides is 1. The minimum Gasteiger partial charge on any atom is -0.351 e. The maximum absolute atomic E-state index is 12.0. The third kappa shape index (κ3) is 2.12. The van der Waals surface area contributed by atoms with Crippen LogP contribution in [0.25, 0.3) is 11.0 Å². The van der Waals surface area contributed by atoms with Crippen molar-refractivity contribution in [1.82, 2.24) is 19.9 Å². The van der Waals surface area contributed by atoms with Crippen molar-refractivity contribution in [2.45, 2.75) is 25.8 Å². The van der Waals surface area contributed by atoms with Crippen molar-refractivity contribution in [3.8, 4) is 0 Å². The number of nitrogens with one attached hydrogen (secondary N) is 1. The SMILES string of the molecule is C=CC(=O)N1CC[C@]2(C)CCN(c3ncnc4[nH]ccc34)C2C1. The number of rotatable bonds is 2. The zero-order valence-electron chi connectivity index (χ0n) is 13.3. The fourth-order valence-corrected chi connectivity index (χ4v) is 4.05. The first-order valence-corrected chi connectivity index (χ1v) is 8.08. The van der Waals surface area contributed by atoms with E-state index in [1.807, 2.05) is 17.2 Å². The molecule has 2 aromatic heterocycles. The van der Waals surface area contributed by atoms with Crippen molar-refractivity contribution >= 4 is 22.8 Å². The Morgan fingerprint density at radius 2 is 2.26 bits per heavy atom. The maximum Gasteiger partial charge on any atom is 0.246 e. The van der Waals surface area contributed by atoms with Gasteiger partial charge in [-0.3, -0.25) is 4.79 Å². The molecule has 4 rings (SSSR count). The number of carbonyl (C=O) groups is 1. The Labute approximate surface area is 135 Å². The van der Waals surface area contributed by atoms with Gasteiger partial charge < -0.3 is 14.8 Å². The number of carbonyl (C=O) groups excluding carboxylic acids is 1. The molecule has 6 heteroatoms. The van der Waals surface area contributed by atoms with Gasteiger partial charge in [0.2, 0.25) is 5.91 Å². The van der Waals surface area contributed by atoms with E-state index >= 15 is 0 Å². The summed E-state index contributed by atoms with van der Waals surface area (Å²) in [6, 6.07) is 2.31. The van der Waals surface area contributed by atoms with E-state index in [1.54, 1.807) is 6.33 Å². The lowest BCUT2D eigenvalue weighted by Gasteiger charge is -2.44. The molecule has 2 aromatic rings. The quantitative estimate of drug-likeness (QED) is 0.861. The van der Waals surface area contributed by atoms with Crippen LogP contribution in [0.2, 0.25) is 0 Å². The number of hydrogen-bond acceptors (Lipinski definition) is 4. The second-order valence-corrected chi connectivity index (χ2v) is 6.79. The molecule has 0 radical (unpaired) electrons. The molecule has 4 heterocycles. The van der Waals surface area contributed by atoms with E-state index in [9.17, 15) is 4.79 Å². The number of likely N-dealkylation sites (tertiary alicyclic amines) is 1. The van der Waals surface area contributed by atoms with Crippen LogP contribution in [0.3, 0.4) is 0 Å². The Balaban J connectivity index is 1.71. The second-order valence-electron chi connectivity index (χ2n) is 6.79. The van der Waals surface area contributed by atoms with E-state index in [2.05, 4.69) is 33.4 Å². The summed E-state index contributed by atoms with van der Waals surface area (Å²) in [5.41, 5.74) is 1.09. The third-order valence-corrected chi connectivity index (χ3v) is 5.54. The van der Waals surface area contributed by atoms with Crippen molar-refractivity contribution in [3.63, 3.8) is 0 Å². The average molecular weight is 311 g/mol. The molecule has 120 valence electrons. The molecular weight excluding hydrogens is 290 g/mol. The molecule has 0 spiro atoms. The van der Waals surface area contributed by atoms with Crippen LogP contribution in [0.5, 0.6) is 0 Å². The first-order valence-electron chi connectivity index (χ1n) is 8.08. The van der Waals surface area contributed by atoms with E-state index in [1.165, 1.54) is 6.08 Å². The molecule has 2 atom stereocenters. The number of hydrogen-bond donors (Lipinski definition) is 1. The van der Waals surface area contributed by atoms with Crippen LogP contribution < -0.4 is 4.90 Å². The summed E-state index contributed by atoms with van der Waals surface area (Å²) < 4.78 is 0. The van der Waals surface area contributed by atoms with Gasteiger partial charge in [-0.1, -0.05) is 13.5 Å². The van der Waals surface area contributed by atoms with Crippen LogP contribution in [0.4, 0.5) is 5.82 Å². The molecule has 0 bridgehead atoms. The molecule has 2 fully saturated rings. The highest BCUT2D eigenvalue weighted by molar-refractivity contribution is 5.88. The lowest BCUT2D eigenvalue weighted by molar-refractivity contribution is -0.128. The zero-order chi connectivity index (χ0) is 16.0. The average Bonchev–Trinajstić information content (AvgIpc) is 3.17. The molecule has 23 heavy (non-hydrogen) atoms. The Hall–Kier alpha value is -2.37. The van der Waals surface area contributed by atoms with Gasteiger partial charge in [0.25, 0.3) is 0 Å². The third-order valence-electron chi connectivity index (χ3n) is 5.54. The van der Waals surface area contributed by atoms with Crippen molar-refractivity contribution < 1.29 is 4.79 Å². The van der Waals surface area contributed by atoms with Crippen molar-refractivity contribution in [2.75, 3.05) is 24.5 Å². The second kappa shape index (κ2) is 5.08. The van der Waals surface area contributed by atoms with E-state index in [0.717, 1.165) is 49.3 Å². The molecule has 2 aliphatic rings. The summed E-state index contributed by atoms with van der Waals surface area (Å²) >= 11 is 0. The number of fused-ring (bicyclic) bond motifs is 2. The van der Waals surface area contributed by atoms with Gasteiger partial charge >= 0.3 is 0 Å². The normalized spacial score (nSPS) is 27.3. The molecule has 6 nitrogen and oxygen atoms in total. The maximum atomic E-state index is 12.0. The molecule has 1 unspecified atom stereocenters. The van der Waals surface area contributed by atoms with Gasteiger partial charge in [0.1, 0.15) is 17.8 Å². The summed E-state index contributed by atoms with van der Waals surface area (Å²) in [5.74, 6) is 0.992. The zero-order valence-corrected chi connectivity index (χ0v) is 13.3. The van der Waals surface area contributed by atoms with Gasteiger partial charge in [0.05, 0.1) is 11.4 Å². The Morgan fingerprint density at radius 3 is 3.09 bits per heavy atom. The smallest absolute Gasteiger partial charge is 0.246 e. The van der Waals surface area contributed by atoms with Crippen LogP contribution in [-0.2, 0) is 4.79 Å². The van der Waals surface area contributed by atoms with Crippen LogP contribution in [0.15, 0.2) is 31.2 Å². The molecule has 0 saturated carbocycles. The topological polar surface area (TPSA) is 65.1 Å². The molecule has 0 aromatic carbocycles. The van der Waals surface area contributed by atoms with Crippen LogP contribution in [0, 0.1) is 5.41 Å². The van der Waals surface area contributed by atoms with E-state index in [-0.39, 0.29) is 17.4 Å². The molecule has 1 amide bonds. The summed E-state index contributed by atoms with van der Waals surface area (Å²) in [6.45, 7) is 8.47. The molecule has 1 N–H and O–H groups in total. The number of anilines is 1. The standard InChI is InChI=1S/C17H21N5O/c1-3-14(23)21-8-5-17(2)6-9-22(13(17)10-21)16-12-4-7-18-15(12)19-11-20-16/h3-4,7,11,13H,1,5-6,8-10H2,2H3,(H,18,19,20)/t13?,17-/m1/s1. The van der Waals surface area contributed by atoms with Crippen LogP contribution in [0.1, 0.15) is 19.8 Å². The largest absolute Gasteiger partial charge is 0.351 e. The highest BCUT2D eigenvalue weighted by Crippen LogP contribution is 2.45. The van der Waals surface area contributed by atoms with Gasteiger partial charge in [-0.25, -0.2) is 9.97 Å². The summed E-state index contributed by atoms with van der Waals surface area (Å²) in [6.07, 6.45) is 7.07. The molecular formula is C17H21N5O. The van der Waals surface area contributed by atoms with Crippen molar-refractivity contribution in [2.24, 2.45) is 5.41 Å². The molecule has 2 saturated heterocycles. The summed E-state index contributed by atoms with van der Waals surface area (Å²) in [4.78, 5) is 28.3. The fourth-order valence-electron chi connectivity index (χ4n) is 4.05. The number of piperidine rings is 1. The molecule has 2 aliphatic heterocycles. The van der Waals surface area contributed by atoms with Crippen LogP contribution >= 0.6 is 0 Å². The van der Waals surface area contributed by atoms with Crippen molar-refractivity contribution in [3.05, 3.63) is 31.2 Å². The summed E-state index contributed by atoms with van der Waals surface area (Å²) in [7, 11) is 0. The van der Waals surface area contributed by atoms with E-state index < -0.39 is 0 Å². The van der Waals surface area contributed by atoms with E-state index in [0.29, 0.717) is 0 Å². The van der Waals surface area contributed by atoms with Crippen molar-refractivity contribution in [1.29, 1.82) is 0 Å².